The second kappa shape index (κ2) is 6.96. The smallest absolute Gasteiger partial charge is 0.251 e. The van der Waals surface area contributed by atoms with Crippen LogP contribution in [0.1, 0.15) is 25.7 Å². The summed E-state index contributed by atoms with van der Waals surface area (Å²) in [6.45, 7) is -0.859. The van der Waals surface area contributed by atoms with E-state index in [1.807, 2.05) is 0 Å². The van der Waals surface area contributed by atoms with E-state index < -0.39 is 49.4 Å². The molecule has 0 spiro atoms. The molecule has 139 valence electrons. The van der Waals surface area contributed by atoms with Gasteiger partial charge in [0.2, 0.25) is 0 Å². The number of hydrogen-bond acceptors (Lipinski definition) is 0. The minimum Gasteiger partial charge on any atom is -0.251 e. The molecule has 0 aliphatic carbocycles. The molecule has 0 nitrogen and oxygen atoms in total. The average molecular weight is 371 g/mol. The Kier molecular flexibility index (Phi) is 6.70. The molecule has 0 rings (SSSR count). The Hall–Kier alpha value is -0.840. The molecule has 0 saturated heterocycles. The van der Waals surface area contributed by atoms with Crippen LogP contribution in [0.15, 0.2) is 0 Å². The van der Waals surface area contributed by atoms with Gasteiger partial charge < -0.3 is 0 Å². The van der Waals surface area contributed by atoms with Crippen LogP contribution in [0, 0.1) is 6.42 Å². The van der Waals surface area contributed by atoms with Gasteiger partial charge in [0.25, 0.3) is 0 Å². The zero-order valence-corrected chi connectivity index (χ0v) is 11.1. The molecule has 0 aromatic carbocycles. The molecule has 0 amide bonds. The third-order valence-corrected chi connectivity index (χ3v) is 2.80. The highest BCUT2D eigenvalue weighted by atomic mass is 19.4. The lowest BCUT2D eigenvalue weighted by Crippen LogP contribution is -2.66. The van der Waals surface area contributed by atoms with Gasteiger partial charge in [0.05, 0.1) is 6.67 Å². The largest absolute Gasteiger partial charge is 0.460 e. The van der Waals surface area contributed by atoms with Crippen LogP contribution in [0.25, 0.3) is 0 Å². The SMILES string of the molecule is FCCCCC[CH]C(F)(F)C(F)(F)C(F)(F)C(F)(F)C(F)(F)F. The Morgan fingerprint density at radius 1 is 0.565 bits per heavy atom. The summed E-state index contributed by atoms with van der Waals surface area (Å²) in [5.41, 5.74) is 0. The molecule has 0 aliphatic heterocycles. The van der Waals surface area contributed by atoms with Gasteiger partial charge in [-0.1, -0.05) is 12.8 Å². The van der Waals surface area contributed by atoms with Crippen molar-refractivity contribution in [3.05, 3.63) is 6.42 Å². The Bertz CT molecular complexity index is 370. The first-order valence-electron chi connectivity index (χ1n) is 6.04. The molecule has 0 fully saturated rings. The van der Waals surface area contributed by atoms with Crippen molar-refractivity contribution in [2.24, 2.45) is 0 Å². The van der Waals surface area contributed by atoms with Crippen molar-refractivity contribution >= 4 is 0 Å². The Balaban J connectivity index is 5.26. The van der Waals surface area contributed by atoms with E-state index in [2.05, 4.69) is 0 Å². The molecule has 0 saturated carbocycles. The lowest BCUT2D eigenvalue weighted by Gasteiger charge is -2.37. The van der Waals surface area contributed by atoms with Gasteiger partial charge in [-0.2, -0.15) is 48.3 Å². The van der Waals surface area contributed by atoms with Gasteiger partial charge in [-0.3, -0.25) is 4.39 Å². The van der Waals surface area contributed by atoms with Crippen LogP contribution >= 0.6 is 0 Å². The number of rotatable bonds is 9. The molecular formula is C11H11F12. The predicted octanol–water partition coefficient (Wildman–Crippen LogP) is 5.82. The molecule has 0 unspecified atom stereocenters. The molecule has 0 atom stereocenters. The summed E-state index contributed by atoms with van der Waals surface area (Å²) in [5, 5.41) is 0. The molecule has 1 radical (unpaired) electrons. The van der Waals surface area contributed by atoms with Gasteiger partial charge in [-0.25, -0.2) is 0 Å². The van der Waals surface area contributed by atoms with E-state index in [-0.39, 0.29) is 19.3 Å². The summed E-state index contributed by atoms with van der Waals surface area (Å²) in [6.07, 6.45) is -9.53. The predicted molar refractivity (Wildman–Crippen MR) is 54.6 cm³/mol. The number of unbranched alkanes of at least 4 members (excludes halogenated alkanes) is 3. The summed E-state index contributed by atoms with van der Waals surface area (Å²) in [5.74, 6) is -27.7. The second-order valence-electron chi connectivity index (χ2n) is 4.59. The van der Waals surface area contributed by atoms with Crippen molar-refractivity contribution in [2.45, 2.75) is 55.5 Å². The van der Waals surface area contributed by atoms with Crippen molar-refractivity contribution in [2.75, 3.05) is 6.67 Å². The van der Waals surface area contributed by atoms with Gasteiger partial charge in [-0.05, 0) is 12.8 Å². The number of halogens is 12. The number of alkyl halides is 12. The van der Waals surface area contributed by atoms with Crippen LogP contribution in [-0.2, 0) is 0 Å². The monoisotopic (exact) mass is 371 g/mol. The summed E-state index contributed by atoms with van der Waals surface area (Å²) in [6, 6.07) is 0. The average Bonchev–Trinajstić information content (AvgIpc) is 2.36. The lowest BCUT2D eigenvalue weighted by atomic mass is 9.94. The summed E-state index contributed by atoms with van der Waals surface area (Å²) in [4.78, 5) is 0. The van der Waals surface area contributed by atoms with E-state index in [9.17, 15) is 52.7 Å². The molecule has 0 heterocycles. The first-order valence-corrected chi connectivity index (χ1v) is 6.04. The lowest BCUT2D eigenvalue weighted by molar-refractivity contribution is -0.418. The van der Waals surface area contributed by atoms with Crippen LogP contribution in [0.4, 0.5) is 52.7 Å². The normalized spacial score (nSPS) is 15.1. The Morgan fingerprint density at radius 2 is 1.04 bits per heavy atom. The van der Waals surface area contributed by atoms with E-state index in [4.69, 9.17) is 0 Å². The fourth-order valence-electron chi connectivity index (χ4n) is 1.41. The van der Waals surface area contributed by atoms with Gasteiger partial charge in [0, 0.05) is 6.42 Å². The van der Waals surface area contributed by atoms with Crippen molar-refractivity contribution in [1.82, 2.24) is 0 Å². The summed E-state index contributed by atoms with van der Waals surface area (Å²) in [7, 11) is 0. The van der Waals surface area contributed by atoms with Crippen LogP contribution in [-0.4, -0.2) is 36.5 Å². The van der Waals surface area contributed by atoms with E-state index >= 15 is 0 Å². The first kappa shape index (κ1) is 22.2. The summed E-state index contributed by atoms with van der Waals surface area (Å²) >= 11 is 0. The Morgan fingerprint density at radius 3 is 1.43 bits per heavy atom. The van der Waals surface area contributed by atoms with E-state index in [1.165, 1.54) is 0 Å². The maximum atomic E-state index is 13.1. The van der Waals surface area contributed by atoms with Crippen molar-refractivity contribution < 1.29 is 52.7 Å². The zero-order chi connectivity index (χ0) is 18.7. The van der Waals surface area contributed by atoms with Crippen LogP contribution < -0.4 is 0 Å². The van der Waals surface area contributed by atoms with Gasteiger partial charge in [0.15, 0.2) is 0 Å². The zero-order valence-electron chi connectivity index (χ0n) is 11.1. The maximum Gasteiger partial charge on any atom is 0.460 e. The summed E-state index contributed by atoms with van der Waals surface area (Å²) < 4.78 is 150. The number of hydrogen-bond donors (Lipinski definition) is 0. The first-order chi connectivity index (χ1) is 10.1. The fraction of sp³-hybridized carbons (Fsp3) is 0.909. The molecule has 23 heavy (non-hydrogen) atoms. The van der Waals surface area contributed by atoms with Crippen molar-refractivity contribution in [3.63, 3.8) is 0 Å². The molecule has 0 bridgehead atoms. The topological polar surface area (TPSA) is 0 Å². The van der Waals surface area contributed by atoms with E-state index in [1.54, 1.807) is 0 Å². The van der Waals surface area contributed by atoms with Crippen molar-refractivity contribution in [3.8, 4) is 0 Å². The second-order valence-corrected chi connectivity index (χ2v) is 4.59. The fourth-order valence-corrected chi connectivity index (χ4v) is 1.41. The molecule has 0 aromatic rings. The van der Waals surface area contributed by atoms with Gasteiger partial charge in [-0.15, -0.1) is 0 Å². The van der Waals surface area contributed by atoms with Gasteiger partial charge >= 0.3 is 29.9 Å². The minimum absolute atomic E-state index is 0.0935. The van der Waals surface area contributed by atoms with E-state index in [0.29, 0.717) is 0 Å². The molecular weight excluding hydrogens is 360 g/mol. The van der Waals surface area contributed by atoms with Crippen LogP contribution in [0.5, 0.6) is 0 Å². The third kappa shape index (κ3) is 4.17. The standard InChI is InChI=1S/C11H11F12/c12-6-4-2-1-3-5-7(13,14)8(15,16)9(17,18)10(19,20)11(21,22)23/h5H,1-4,6H2. The highest BCUT2D eigenvalue weighted by Crippen LogP contribution is 2.57. The van der Waals surface area contributed by atoms with Gasteiger partial charge in [0.1, 0.15) is 0 Å². The molecule has 0 aromatic heterocycles. The maximum absolute atomic E-state index is 13.1. The van der Waals surface area contributed by atoms with Crippen molar-refractivity contribution in [1.29, 1.82) is 0 Å². The van der Waals surface area contributed by atoms with E-state index in [0.717, 1.165) is 0 Å². The molecule has 0 aliphatic rings. The highest BCUT2D eigenvalue weighted by molar-refractivity contribution is 5.10. The van der Waals surface area contributed by atoms with Crippen LogP contribution in [0.2, 0.25) is 0 Å². The highest BCUT2D eigenvalue weighted by Gasteiger charge is 2.86. The van der Waals surface area contributed by atoms with Crippen LogP contribution in [0.3, 0.4) is 0 Å². The Labute approximate surface area is 122 Å². The molecule has 12 heteroatoms. The minimum atomic E-state index is -7.38. The third-order valence-electron chi connectivity index (χ3n) is 2.80. The quantitative estimate of drug-likeness (QED) is 0.354. The molecule has 0 N–H and O–H groups in total.